The van der Waals surface area contributed by atoms with Crippen LogP contribution in [0.15, 0.2) is 51.5 Å². The summed E-state index contributed by atoms with van der Waals surface area (Å²) in [4.78, 5) is 4.31. The minimum Gasteiger partial charge on any atom is -0.382 e. The lowest BCUT2D eigenvalue weighted by atomic mass is 10.1. The Bertz CT molecular complexity index is 1090. The number of hydrogen-bond donors (Lipinski definition) is 1. The average molecular weight is 415 g/mol. The molecule has 0 saturated heterocycles. The Balaban J connectivity index is 1.72. The van der Waals surface area contributed by atoms with Gasteiger partial charge in [0.25, 0.3) is 5.89 Å². The molecule has 0 unspecified atom stereocenters. The van der Waals surface area contributed by atoms with E-state index in [4.69, 9.17) is 10.3 Å². The van der Waals surface area contributed by atoms with Crippen LogP contribution < -0.4 is 5.73 Å². The fraction of sp³-hybridized carbons (Fsp3) is 0.0588. The maximum absolute atomic E-state index is 14.2. The van der Waals surface area contributed by atoms with Crippen molar-refractivity contribution in [1.82, 2.24) is 25.1 Å². The highest BCUT2D eigenvalue weighted by molar-refractivity contribution is 9.10. The summed E-state index contributed by atoms with van der Waals surface area (Å²) in [7, 11) is 0. The third kappa shape index (κ3) is 2.86. The van der Waals surface area contributed by atoms with Gasteiger partial charge < -0.3 is 10.3 Å². The number of aromatic nitrogens is 5. The molecule has 2 aromatic carbocycles. The van der Waals surface area contributed by atoms with Crippen molar-refractivity contribution >= 4 is 21.7 Å². The van der Waals surface area contributed by atoms with Crippen molar-refractivity contribution in [2.24, 2.45) is 0 Å². The van der Waals surface area contributed by atoms with E-state index in [1.807, 2.05) is 31.2 Å². The molecular formula is C17H12BrFN6O. The second-order valence-electron chi connectivity index (χ2n) is 5.62. The van der Waals surface area contributed by atoms with E-state index < -0.39 is 5.82 Å². The molecule has 130 valence electrons. The molecule has 2 heterocycles. The van der Waals surface area contributed by atoms with Crippen LogP contribution in [0.2, 0.25) is 0 Å². The van der Waals surface area contributed by atoms with Crippen molar-refractivity contribution in [1.29, 1.82) is 0 Å². The van der Waals surface area contributed by atoms with Gasteiger partial charge in [0, 0.05) is 10.0 Å². The first-order valence-corrected chi connectivity index (χ1v) is 8.40. The molecule has 2 aromatic heterocycles. The zero-order valence-corrected chi connectivity index (χ0v) is 15.1. The summed E-state index contributed by atoms with van der Waals surface area (Å²) in [5.41, 5.74) is 8.36. The van der Waals surface area contributed by atoms with Crippen LogP contribution in [0.3, 0.4) is 0 Å². The van der Waals surface area contributed by atoms with E-state index in [1.165, 1.54) is 10.7 Å². The minimum atomic E-state index is -0.492. The normalized spacial score (nSPS) is 11.0. The lowest BCUT2D eigenvalue weighted by Crippen LogP contribution is -2.04. The molecule has 9 heteroatoms. The van der Waals surface area contributed by atoms with Gasteiger partial charge in [-0.3, -0.25) is 0 Å². The highest BCUT2D eigenvalue weighted by Gasteiger charge is 2.21. The fourth-order valence-corrected chi connectivity index (χ4v) is 2.75. The van der Waals surface area contributed by atoms with Crippen molar-refractivity contribution in [3.05, 3.63) is 58.3 Å². The Labute approximate surface area is 155 Å². The molecule has 0 fully saturated rings. The molecule has 2 N–H and O–H groups in total. The fourth-order valence-electron chi connectivity index (χ4n) is 2.41. The largest absolute Gasteiger partial charge is 0.382 e. The van der Waals surface area contributed by atoms with Crippen molar-refractivity contribution in [3.8, 4) is 28.7 Å². The molecule has 0 atom stereocenters. The predicted octanol–water partition coefficient (Wildman–Crippen LogP) is 3.78. The Morgan fingerprint density at radius 2 is 1.92 bits per heavy atom. The van der Waals surface area contributed by atoms with Gasteiger partial charge in [0.15, 0.2) is 11.5 Å². The van der Waals surface area contributed by atoms with Gasteiger partial charge in [-0.25, -0.2) is 4.39 Å². The van der Waals surface area contributed by atoms with E-state index in [2.05, 4.69) is 36.4 Å². The molecule has 0 aliphatic rings. The van der Waals surface area contributed by atoms with Crippen LogP contribution in [0.1, 0.15) is 5.56 Å². The van der Waals surface area contributed by atoms with E-state index in [0.717, 1.165) is 11.1 Å². The number of aryl methyl sites for hydroxylation is 1. The van der Waals surface area contributed by atoms with Crippen molar-refractivity contribution in [2.45, 2.75) is 6.92 Å². The first kappa shape index (κ1) is 16.4. The highest BCUT2D eigenvalue weighted by atomic mass is 79.9. The summed E-state index contributed by atoms with van der Waals surface area (Å²) in [6, 6.07) is 12.2. The first-order chi connectivity index (χ1) is 12.5. The molecule has 4 aromatic rings. The second kappa shape index (κ2) is 6.34. The maximum Gasteiger partial charge on any atom is 0.282 e. The smallest absolute Gasteiger partial charge is 0.282 e. The molecule has 0 saturated carbocycles. The van der Waals surface area contributed by atoms with Gasteiger partial charge in [-0.15, -0.1) is 5.10 Å². The zero-order valence-electron chi connectivity index (χ0n) is 13.5. The molecule has 0 aliphatic heterocycles. The topological polar surface area (TPSA) is 95.7 Å². The van der Waals surface area contributed by atoms with Crippen molar-refractivity contribution in [3.63, 3.8) is 0 Å². The van der Waals surface area contributed by atoms with E-state index in [-0.39, 0.29) is 23.1 Å². The van der Waals surface area contributed by atoms with E-state index >= 15 is 0 Å². The van der Waals surface area contributed by atoms with Gasteiger partial charge in [0.1, 0.15) is 11.5 Å². The quantitative estimate of drug-likeness (QED) is 0.547. The van der Waals surface area contributed by atoms with Gasteiger partial charge in [-0.1, -0.05) is 56.1 Å². The predicted molar refractivity (Wildman–Crippen MR) is 96.9 cm³/mol. The van der Waals surface area contributed by atoms with Crippen LogP contribution >= 0.6 is 15.9 Å². The number of nitrogens with two attached hydrogens (primary N) is 1. The lowest BCUT2D eigenvalue weighted by molar-refractivity contribution is 0.431. The third-order valence-corrected chi connectivity index (χ3v) is 4.27. The molecule has 26 heavy (non-hydrogen) atoms. The SMILES string of the molecule is Cc1ccc(-c2noc(-c3nnn(-c4ccc(Br)cc4F)c3N)n2)cc1. The van der Waals surface area contributed by atoms with Gasteiger partial charge in [0.05, 0.1) is 0 Å². The molecule has 0 bridgehead atoms. The van der Waals surface area contributed by atoms with Gasteiger partial charge in [0.2, 0.25) is 5.82 Å². The summed E-state index contributed by atoms with van der Waals surface area (Å²) < 4.78 is 21.2. The first-order valence-electron chi connectivity index (χ1n) is 7.60. The van der Waals surface area contributed by atoms with Gasteiger partial charge >= 0.3 is 0 Å². The average Bonchev–Trinajstić information content (AvgIpc) is 3.23. The molecule has 0 radical (unpaired) electrons. The highest BCUT2D eigenvalue weighted by Crippen LogP contribution is 2.28. The van der Waals surface area contributed by atoms with Crippen LogP contribution in [0, 0.1) is 12.7 Å². The number of halogens is 2. The van der Waals surface area contributed by atoms with Crippen LogP contribution in [-0.2, 0) is 0 Å². The van der Waals surface area contributed by atoms with Crippen LogP contribution in [0.4, 0.5) is 10.2 Å². The number of anilines is 1. The molecule has 0 aliphatic carbocycles. The maximum atomic E-state index is 14.2. The Hall–Kier alpha value is -3.07. The minimum absolute atomic E-state index is 0.102. The van der Waals surface area contributed by atoms with Crippen LogP contribution in [0.5, 0.6) is 0 Å². The molecular weight excluding hydrogens is 403 g/mol. The summed E-state index contributed by atoms with van der Waals surface area (Å²) >= 11 is 3.21. The third-order valence-electron chi connectivity index (χ3n) is 3.78. The Morgan fingerprint density at radius 1 is 1.15 bits per heavy atom. The zero-order chi connectivity index (χ0) is 18.3. The number of nitrogen functional groups attached to an aromatic ring is 1. The molecule has 4 rings (SSSR count). The van der Waals surface area contributed by atoms with E-state index in [1.54, 1.807) is 12.1 Å². The molecule has 7 nitrogen and oxygen atoms in total. The van der Waals surface area contributed by atoms with Crippen molar-refractivity contribution in [2.75, 3.05) is 5.73 Å². The summed E-state index contributed by atoms with van der Waals surface area (Å²) in [6.45, 7) is 1.99. The monoisotopic (exact) mass is 414 g/mol. The second-order valence-corrected chi connectivity index (χ2v) is 6.54. The number of hydrogen-bond acceptors (Lipinski definition) is 6. The van der Waals surface area contributed by atoms with Crippen LogP contribution in [0.25, 0.3) is 28.7 Å². The van der Waals surface area contributed by atoms with E-state index in [9.17, 15) is 4.39 Å². The van der Waals surface area contributed by atoms with Gasteiger partial charge in [-0.05, 0) is 25.1 Å². The van der Waals surface area contributed by atoms with Crippen LogP contribution in [-0.4, -0.2) is 25.1 Å². The Kier molecular flexibility index (Phi) is 4.00. The standard InChI is InChI=1S/C17H12BrFN6O/c1-9-2-4-10(5-3-9)16-21-17(26-23-16)14-15(20)25(24-22-14)13-7-6-11(18)8-12(13)19/h2-8H,20H2,1H3. The molecule has 0 amide bonds. The van der Waals surface area contributed by atoms with E-state index in [0.29, 0.717) is 10.3 Å². The summed E-state index contributed by atoms with van der Waals surface area (Å²) in [5, 5.41) is 11.8. The lowest BCUT2D eigenvalue weighted by Gasteiger charge is -2.04. The summed E-state index contributed by atoms with van der Waals surface area (Å²) in [5.74, 6) is 0.129. The number of benzene rings is 2. The summed E-state index contributed by atoms with van der Waals surface area (Å²) in [6.07, 6.45) is 0. The van der Waals surface area contributed by atoms with Crippen molar-refractivity contribution < 1.29 is 8.91 Å². The number of rotatable bonds is 3. The van der Waals surface area contributed by atoms with Gasteiger partial charge in [-0.2, -0.15) is 9.67 Å². The molecule has 0 spiro atoms. The Morgan fingerprint density at radius 3 is 2.65 bits per heavy atom. The number of nitrogens with zero attached hydrogens (tertiary/aromatic N) is 5.